The Kier molecular flexibility index (Phi) is 3.77. The number of hydrogen-bond donors (Lipinski definition) is 3. The average Bonchev–Trinajstić information content (AvgIpc) is 2.84. The first-order valence-corrected chi connectivity index (χ1v) is 8.16. The maximum absolute atomic E-state index is 11.8. The van der Waals surface area contributed by atoms with E-state index in [2.05, 4.69) is 10.6 Å². The van der Waals surface area contributed by atoms with Crippen LogP contribution >= 0.6 is 0 Å². The maximum Gasteiger partial charge on any atom is 0.315 e. The van der Waals surface area contributed by atoms with E-state index >= 15 is 0 Å². The zero-order valence-corrected chi connectivity index (χ0v) is 11.9. The van der Waals surface area contributed by atoms with Crippen LogP contribution in [0, 0.1) is 5.41 Å². The van der Waals surface area contributed by atoms with E-state index in [1.807, 2.05) is 0 Å². The second-order valence-electron chi connectivity index (χ2n) is 5.55. The summed E-state index contributed by atoms with van der Waals surface area (Å²) in [6.45, 7) is 1.62. The first kappa shape index (κ1) is 14.8. The molecule has 0 aromatic rings. The number of rotatable bonds is 3. The van der Waals surface area contributed by atoms with Gasteiger partial charge in [0.15, 0.2) is 9.84 Å². The zero-order valence-electron chi connectivity index (χ0n) is 11.1. The average molecular weight is 302 g/mol. The number of amides is 2. The molecule has 0 radical (unpaired) electrons. The number of carboxylic acid groups (broad SMARTS) is 1. The number of carbonyl (C=O) groups is 2. The third kappa shape index (κ3) is 2.95. The largest absolute Gasteiger partial charge is 0.481 e. The Bertz CT molecular complexity index is 556. The van der Waals surface area contributed by atoms with Crippen LogP contribution in [0.15, 0.2) is 11.5 Å². The van der Waals surface area contributed by atoms with Crippen molar-refractivity contribution in [3.63, 3.8) is 0 Å². The van der Waals surface area contributed by atoms with Gasteiger partial charge in [0.2, 0.25) is 0 Å². The highest BCUT2D eigenvalue weighted by Gasteiger charge is 2.46. The van der Waals surface area contributed by atoms with Crippen molar-refractivity contribution >= 4 is 21.8 Å². The summed E-state index contributed by atoms with van der Waals surface area (Å²) in [5, 5.41) is 15.5. The van der Waals surface area contributed by atoms with Gasteiger partial charge in [-0.05, 0) is 25.8 Å². The molecule has 0 aromatic carbocycles. The summed E-state index contributed by atoms with van der Waals surface area (Å²) in [6.07, 6.45) is 3.28. The molecule has 8 heteroatoms. The molecule has 112 valence electrons. The molecule has 1 saturated carbocycles. The van der Waals surface area contributed by atoms with Gasteiger partial charge in [-0.1, -0.05) is 6.42 Å². The van der Waals surface area contributed by atoms with E-state index in [9.17, 15) is 23.1 Å². The van der Waals surface area contributed by atoms with Gasteiger partial charge in [0.05, 0.1) is 17.2 Å². The third-order valence-corrected chi connectivity index (χ3v) is 5.39. The molecule has 7 nitrogen and oxygen atoms in total. The fourth-order valence-corrected chi connectivity index (χ4v) is 3.92. The Morgan fingerprint density at radius 3 is 2.60 bits per heavy atom. The number of hydrogen-bond acceptors (Lipinski definition) is 4. The highest BCUT2D eigenvalue weighted by atomic mass is 32.2. The van der Waals surface area contributed by atoms with E-state index in [0.29, 0.717) is 12.8 Å². The van der Waals surface area contributed by atoms with Gasteiger partial charge in [-0.3, -0.25) is 4.79 Å². The lowest BCUT2D eigenvalue weighted by Gasteiger charge is -2.28. The standard InChI is InChI=1S/C12H18N2O5S/c1-12(10(15)16)5-2-3-9(12)14-11(17)13-8-4-6-20(18,19)7-8/h4,6,8-9H,2-3,5,7H2,1H3,(H,15,16)(H2,13,14,17). The fraction of sp³-hybridized carbons (Fsp3) is 0.667. The van der Waals surface area contributed by atoms with Crippen molar-refractivity contribution in [1.82, 2.24) is 10.6 Å². The van der Waals surface area contributed by atoms with E-state index in [4.69, 9.17) is 0 Å². The fourth-order valence-electron chi connectivity index (χ4n) is 2.69. The lowest BCUT2D eigenvalue weighted by Crippen LogP contribution is -2.52. The summed E-state index contributed by atoms with van der Waals surface area (Å²) in [5.74, 6) is -1.08. The van der Waals surface area contributed by atoms with Crippen molar-refractivity contribution < 1.29 is 23.1 Å². The van der Waals surface area contributed by atoms with Crippen molar-refractivity contribution in [3.8, 4) is 0 Å². The van der Waals surface area contributed by atoms with E-state index in [1.165, 1.54) is 6.08 Å². The highest BCUT2D eigenvalue weighted by Crippen LogP contribution is 2.38. The number of carbonyl (C=O) groups excluding carboxylic acids is 1. The van der Waals surface area contributed by atoms with Crippen molar-refractivity contribution in [1.29, 1.82) is 0 Å². The molecule has 3 unspecified atom stereocenters. The van der Waals surface area contributed by atoms with Gasteiger partial charge < -0.3 is 15.7 Å². The first-order chi connectivity index (χ1) is 9.23. The van der Waals surface area contributed by atoms with Gasteiger partial charge in [0.25, 0.3) is 0 Å². The van der Waals surface area contributed by atoms with Crippen LogP contribution in [0.4, 0.5) is 4.79 Å². The molecular formula is C12H18N2O5S. The van der Waals surface area contributed by atoms with E-state index in [1.54, 1.807) is 6.92 Å². The number of urea groups is 1. The van der Waals surface area contributed by atoms with Crippen molar-refractivity contribution in [3.05, 3.63) is 11.5 Å². The minimum absolute atomic E-state index is 0.152. The smallest absolute Gasteiger partial charge is 0.315 e. The molecule has 0 bridgehead atoms. The van der Waals surface area contributed by atoms with Crippen LogP contribution in [0.3, 0.4) is 0 Å². The van der Waals surface area contributed by atoms with Crippen molar-refractivity contribution in [2.45, 2.75) is 38.3 Å². The monoisotopic (exact) mass is 302 g/mol. The highest BCUT2D eigenvalue weighted by molar-refractivity contribution is 7.94. The lowest BCUT2D eigenvalue weighted by atomic mass is 9.85. The van der Waals surface area contributed by atoms with Gasteiger partial charge >= 0.3 is 12.0 Å². The molecule has 0 saturated heterocycles. The molecular weight excluding hydrogens is 284 g/mol. The Labute approximate surface area is 117 Å². The summed E-state index contributed by atoms with van der Waals surface area (Å²) in [4.78, 5) is 23.1. The molecule has 2 rings (SSSR count). The van der Waals surface area contributed by atoms with E-state index in [0.717, 1.165) is 11.8 Å². The predicted octanol–water partition coefficient (Wildman–Crippen LogP) is 0.240. The number of nitrogens with one attached hydrogen (secondary N) is 2. The minimum Gasteiger partial charge on any atom is -0.481 e. The topological polar surface area (TPSA) is 113 Å². The Morgan fingerprint density at radius 1 is 1.35 bits per heavy atom. The second kappa shape index (κ2) is 5.08. The molecule has 2 amide bonds. The van der Waals surface area contributed by atoms with Crippen LogP contribution in [0.25, 0.3) is 0 Å². The number of aliphatic carboxylic acids is 1. The van der Waals surface area contributed by atoms with Crippen LogP contribution in [0.5, 0.6) is 0 Å². The van der Waals surface area contributed by atoms with Crippen LogP contribution in [0.1, 0.15) is 26.2 Å². The molecule has 0 aromatic heterocycles. The molecule has 1 aliphatic heterocycles. The van der Waals surface area contributed by atoms with Gasteiger partial charge in [0.1, 0.15) is 0 Å². The van der Waals surface area contributed by atoms with Gasteiger partial charge in [-0.15, -0.1) is 0 Å². The molecule has 2 aliphatic rings. The maximum atomic E-state index is 11.8. The molecule has 1 aliphatic carbocycles. The zero-order chi connectivity index (χ0) is 15.0. The van der Waals surface area contributed by atoms with E-state index in [-0.39, 0.29) is 5.75 Å². The molecule has 20 heavy (non-hydrogen) atoms. The van der Waals surface area contributed by atoms with Crippen molar-refractivity contribution in [2.24, 2.45) is 5.41 Å². The molecule has 0 spiro atoms. The summed E-state index contributed by atoms with van der Waals surface area (Å²) >= 11 is 0. The quantitative estimate of drug-likeness (QED) is 0.691. The Balaban J connectivity index is 1.92. The van der Waals surface area contributed by atoms with Gasteiger partial charge in [0, 0.05) is 11.4 Å². The summed E-state index contributed by atoms with van der Waals surface area (Å²) < 4.78 is 22.4. The molecule has 3 atom stereocenters. The molecule has 1 heterocycles. The van der Waals surface area contributed by atoms with Crippen molar-refractivity contribution in [2.75, 3.05) is 5.75 Å². The van der Waals surface area contributed by atoms with E-state index < -0.39 is 39.3 Å². The minimum atomic E-state index is -3.22. The lowest BCUT2D eigenvalue weighted by molar-refractivity contribution is -0.148. The molecule has 3 N–H and O–H groups in total. The number of sulfone groups is 1. The number of carboxylic acids is 1. The SMILES string of the molecule is CC1(C(=O)O)CCCC1NC(=O)NC1C=CS(=O)(=O)C1. The van der Waals surface area contributed by atoms with Crippen LogP contribution in [0.2, 0.25) is 0 Å². The van der Waals surface area contributed by atoms with Crippen LogP contribution in [-0.4, -0.2) is 43.4 Å². The molecule has 1 fully saturated rings. The van der Waals surface area contributed by atoms with Gasteiger partial charge in [-0.2, -0.15) is 0 Å². The van der Waals surface area contributed by atoms with Crippen LogP contribution in [-0.2, 0) is 14.6 Å². The Morgan fingerprint density at radius 2 is 2.05 bits per heavy atom. The summed E-state index contributed by atoms with van der Waals surface area (Å²) in [7, 11) is -3.22. The summed E-state index contributed by atoms with van der Waals surface area (Å²) in [6, 6.07) is -1.53. The normalized spacial score (nSPS) is 34.9. The van der Waals surface area contributed by atoms with Crippen LogP contribution < -0.4 is 10.6 Å². The summed E-state index contributed by atoms with van der Waals surface area (Å²) in [5.41, 5.74) is -0.963. The van der Waals surface area contributed by atoms with Gasteiger partial charge in [-0.25, -0.2) is 13.2 Å². The third-order valence-electron chi connectivity index (χ3n) is 4.00. The Hall–Kier alpha value is -1.57. The predicted molar refractivity (Wildman–Crippen MR) is 71.8 cm³/mol. The first-order valence-electron chi connectivity index (χ1n) is 6.44. The second-order valence-corrected chi connectivity index (χ2v) is 7.48.